The predicted octanol–water partition coefficient (Wildman–Crippen LogP) is 4.68. The Morgan fingerprint density at radius 3 is 2.11 bits per heavy atom. The van der Waals surface area contributed by atoms with Gasteiger partial charge < -0.3 is 25.0 Å². The molecule has 8 nitrogen and oxygen atoms in total. The van der Waals surface area contributed by atoms with Crippen molar-refractivity contribution >= 4 is 18.1 Å². The van der Waals surface area contributed by atoms with E-state index in [2.05, 4.69) is 34.9 Å². The van der Waals surface area contributed by atoms with E-state index in [9.17, 15) is 14.4 Å². The van der Waals surface area contributed by atoms with Gasteiger partial charge in [-0.1, -0.05) is 55.5 Å². The second-order valence-corrected chi connectivity index (χ2v) is 9.85. The van der Waals surface area contributed by atoms with E-state index in [1.807, 2.05) is 31.2 Å². The molecule has 0 atom stereocenters. The summed E-state index contributed by atoms with van der Waals surface area (Å²) in [6.07, 6.45) is 0.386. The van der Waals surface area contributed by atoms with E-state index in [1.165, 1.54) is 22.3 Å². The van der Waals surface area contributed by atoms with Gasteiger partial charge in [0.1, 0.15) is 12.2 Å². The maximum Gasteiger partial charge on any atom is 0.409 e. The Morgan fingerprint density at radius 1 is 0.917 bits per heavy atom. The molecule has 8 heteroatoms. The van der Waals surface area contributed by atoms with Gasteiger partial charge in [0.2, 0.25) is 5.91 Å². The maximum absolute atomic E-state index is 12.9. The van der Waals surface area contributed by atoms with Gasteiger partial charge in [0.15, 0.2) is 0 Å². The largest absolute Gasteiger partial charge is 0.448 e. The number of carbonyl (C=O) groups is 3. The first-order valence-corrected chi connectivity index (χ1v) is 12.5. The quantitative estimate of drug-likeness (QED) is 0.467. The minimum Gasteiger partial charge on any atom is -0.448 e. The predicted molar refractivity (Wildman–Crippen MR) is 139 cm³/mol. The highest BCUT2D eigenvalue weighted by Gasteiger charge is 2.29. The highest BCUT2D eigenvalue weighted by molar-refractivity contribution is 5.82. The summed E-state index contributed by atoms with van der Waals surface area (Å²) >= 11 is 0. The number of hydrogen-bond donors (Lipinski definition) is 2. The summed E-state index contributed by atoms with van der Waals surface area (Å²) in [5.41, 5.74) is 4.11. The molecule has 3 rings (SSSR count). The molecule has 36 heavy (non-hydrogen) atoms. The van der Waals surface area contributed by atoms with Crippen LogP contribution < -0.4 is 10.6 Å². The molecule has 194 valence electrons. The number of nitrogens with zero attached hydrogens (tertiary/aromatic N) is 1. The lowest BCUT2D eigenvalue weighted by molar-refractivity contribution is -0.120. The number of alkyl carbamates (subject to hydrolysis) is 1. The molecular weight excluding hydrogens is 458 g/mol. The molecule has 0 heterocycles. The van der Waals surface area contributed by atoms with Crippen LogP contribution in [0.25, 0.3) is 11.1 Å². The fraction of sp³-hybridized carbons (Fsp3) is 0.464. The third-order valence-electron chi connectivity index (χ3n) is 5.81. The molecule has 0 saturated carbocycles. The molecule has 0 saturated heterocycles. The first-order chi connectivity index (χ1) is 17.2. The third-order valence-corrected chi connectivity index (χ3v) is 5.81. The van der Waals surface area contributed by atoms with E-state index in [4.69, 9.17) is 9.47 Å². The van der Waals surface area contributed by atoms with Crippen LogP contribution in [0.4, 0.5) is 9.59 Å². The number of benzene rings is 2. The second-order valence-electron chi connectivity index (χ2n) is 9.85. The number of nitrogens with one attached hydrogen (secondary N) is 2. The zero-order valence-electron chi connectivity index (χ0n) is 21.6. The standard InChI is InChI=1S/C28H37N3O5/c1-5-16-31(17-10-15-29-25(32)18-30-26(33)36-28(2,3)4)27(34)35-19-24-22-13-8-6-11-20(22)21-12-7-9-14-23(21)24/h6-9,11-14,24H,5,10,15-19H2,1-4H3,(H,29,32)(H,30,33). The van der Waals surface area contributed by atoms with Crippen LogP contribution in [0.15, 0.2) is 48.5 Å². The van der Waals surface area contributed by atoms with Crippen LogP contribution in [0.3, 0.4) is 0 Å². The van der Waals surface area contributed by atoms with Crippen molar-refractivity contribution in [1.29, 1.82) is 0 Å². The van der Waals surface area contributed by atoms with Gasteiger partial charge in [-0.3, -0.25) is 4.79 Å². The monoisotopic (exact) mass is 495 g/mol. The van der Waals surface area contributed by atoms with E-state index >= 15 is 0 Å². The molecule has 0 unspecified atom stereocenters. The molecule has 2 aromatic carbocycles. The number of fused-ring (bicyclic) bond motifs is 3. The molecular formula is C28H37N3O5. The van der Waals surface area contributed by atoms with Crippen molar-refractivity contribution < 1.29 is 23.9 Å². The van der Waals surface area contributed by atoms with Gasteiger partial charge in [-0.15, -0.1) is 0 Å². The molecule has 3 amide bonds. The maximum atomic E-state index is 12.9. The number of amides is 3. The lowest BCUT2D eigenvalue weighted by Gasteiger charge is -2.23. The van der Waals surface area contributed by atoms with Crippen molar-refractivity contribution in [3.8, 4) is 11.1 Å². The number of hydrogen-bond acceptors (Lipinski definition) is 5. The Balaban J connectivity index is 1.44. The molecule has 0 radical (unpaired) electrons. The fourth-order valence-electron chi connectivity index (χ4n) is 4.28. The summed E-state index contributed by atoms with van der Waals surface area (Å²) in [6, 6.07) is 16.5. The van der Waals surface area contributed by atoms with Crippen LogP contribution in [-0.4, -0.2) is 61.4 Å². The van der Waals surface area contributed by atoms with Gasteiger partial charge in [0, 0.05) is 25.6 Å². The average Bonchev–Trinajstić information content (AvgIpc) is 3.16. The fourth-order valence-corrected chi connectivity index (χ4v) is 4.28. The van der Waals surface area contributed by atoms with Gasteiger partial charge in [0.05, 0.1) is 6.54 Å². The Bertz CT molecular complexity index is 1020. The molecule has 2 aromatic rings. The van der Waals surface area contributed by atoms with E-state index in [1.54, 1.807) is 25.7 Å². The van der Waals surface area contributed by atoms with Crippen molar-refractivity contribution in [3.63, 3.8) is 0 Å². The summed E-state index contributed by atoms with van der Waals surface area (Å²) in [6.45, 7) is 8.80. The van der Waals surface area contributed by atoms with Gasteiger partial charge in [-0.25, -0.2) is 9.59 Å². The van der Waals surface area contributed by atoms with Crippen LogP contribution in [0.5, 0.6) is 0 Å². The molecule has 0 spiro atoms. The zero-order valence-corrected chi connectivity index (χ0v) is 21.6. The SMILES string of the molecule is CCCN(CCCNC(=O)CNC(=O)OC(C)(C)C)C(=O)OCC1c2ccccc2-c2ccccc21. The summed E-state index contributed by atoms with van der Waals surface area (Å²) in [4.78, 5) is 38.2. The first kappa shape index (κ1) is 27.0. The Hall–Kier alpha value is -3.55. The highest BCUT2D eigenvalue weighted by atomic mass is 16.6. The Labute approximate surface area is 213 Å². The molecule has 0 bridgehead atoms. The summed E-state index contributed by atoms with van der Waals surface area (Å²) < 4.78 is 10.9. The van der Waals surface area contributed by atoms with Crippen LogP contribution in [0.1, 0.15) is 57.6 Å². The average molecular weight is 496 g/mol. The molecule has 0 aromatic heterocycles. The van der Waals surface area contributed by atoms with Crippen LogP contribution in [0, 0.1) is 0 Å². The van der Waals surface area contributed by atoms with E-state index < -0.39 is 11.7 Å². The third kappa shape index (κ3) is 7.47. The molecule has 0 fully saturated rings. The first-order valence-electron chi connectivity index (χ1n) is 12.5. The van der Waals surface area contributed by atoms with Crippen molar-refractivity contribution in [2.24, 2.45) is 0 Å². The van der Waals surface area contributed by atoms with Crippen LogP contribution in [0.2, 0.25) is 0 Å². The number of ether oxygens (including phenoxy) is 2. The smallest absolute Gasteiger partial charge is 0.409 e. The van der Waals surface area contributed by atoms with E-state index in [0.29, 0.717) is 26.1 Å². The summed E-state index contributed by atoms with van der Waals surface area (Å²) in [5.74, 6) is -0.300. The number of carbonyl (C=O) groups excluding carboxylic acids is 3. The minimum absolute atomic E-state index is 0.0154. The second kappa shape index (κ2) is 12.4. The molecule has 1 aliphatic rings. The van der Waals surface area contributed by atoms with E-state index in [-0.39, 0.29) is 31.1 Å². The Kier molecular flexibility index (Phi) is 9.33. The van der Waals surface area contributed by atoms with Crippen molar-refractivity contribution in [2.45, 2.75) is 52.1 Å². The summed E-state index contributed by atoms with van der Waals surface area (Å²) in [5, 5.41) is 5.18. The zero-order chi connectivity index (χ0) is 26.1. The molecule has 1 aliphatic carbocycles. The van der Waals surface area contributed by atoms with Gasteiger partial charge >= 0.3 is 12.2 Å². The van der Waals surface area contributed by atoms with Gasteiger partial charge in [0.25, 0.3) is 0 Å². The topological polar surface area (TPSA) is 97.0 Å². The molecule has 2 N–H and O–H groups in total. The van der Waals surface area contributed by atoms with Crippen molar-refractivity contribution in [3.05, 3.63) is 59.7 Å². The van der Waals surface area contributed by atoms with Crippen molar-refractivity contribution in [1.82, 2.24) is 15.5 Å². The van der Waals surface area contributed by atoms with E-state index in [0.717, 1.165) is 6.42 Å². The van der Waals surface area contributed by atoms with Crippen LogP contribution >= 0.6 is 0 Å². The normalized spacial score (nSPS) is 12.3. The summed E-state index contributed by atoms with van der Waals surface area (Å²) in [7, 11) is 0. The van der Waals surface area contributed by atoms with Crippen molar-refractivity contribution in [2.75, 3.05) is 32.8 Å². The highest BCUT2D eigenvalue weighted by Crippen LogP contribution is 2.44. The van der Waals surface area contributed by atoms with Crippen LogP contribution in [-0.2, 0) is 14.3 Å². The van der Waals surface area contributed by atoms with Gasteiger partial charge in [-0.05, 0) is 55.9 Å². The molecule has 0 aliphatic heterocycles. The lowest BCUT2D eigenvalue weighted by Crippen LogP contribution is -2.40. The minimum atomic E-state index is -0.637. The van der Waals surface area contributed by atoms with Gasteiger partial charge in [-0.2, -0.15) is 0 Å². The Morgan fingerprint density at radius 2 is 1.53 bits per heavy atom. The lowest BCUT2D eigenvalue weighted by atomic mass is 9.98. The number of rotatable bonds is 10.